The Hall–Kier alpha value is -3.60. The molecule has 10 heteroatoms. The van der Waals surface area contributed by atoms with Crippen molar-refractivity contribution in [3.8, 4) is 11.5 Å². The Labute approximate surface area is 214 Å². The van der Waals surface area contributed by atoms with Crippen LogP contribution >= 0.6 is 0 Å². The molecule has 1 aromatic heterocycles. The predicted molar refractivity (Wildman–Crippen MR) is 133 cm³/mol. The number of hydrogen-bond acceptors (Lipinski definition) is 8. The average Bonchev–Trinajstić information content (AvgIpc) is 3.53. The van der Waals surface area contributed by atoms with Crippen molar-refractivity contribution in [1.29, 1.82) is 0 Å². The van der Waals surface area contributed by atoms with Crippen LogP contribution in [0.25, 0.3) is 0 Å². The highest BCUT2D eigenvalue weighted by molar-refractivity contribution is 5.96. The van der Waals surface area contributed by atoms with E-state index in [0.29, 0.717) is 22.6 Å². The summed E-state index contributed by atoms with van der Waals surface area (Å²) in [5.74, 6) is -0.748. The zero-order valence-corrected chi connectivity index (χ0v) is 21.0. The van der Waals surface area contributed by atoms with Crippen LogP contribution in [0.3, 0.4) is 0 Å². The Morgan fingerprint density at radius 3 is 2.62 bits per heavy atom. The van der Waals surface area contributed by atoms with Gasteiger partial charge in [-0.2, -0.15) is 0 Å². The first kappa shape index (κ1) is 26.5. The zero-order valence-electron chi connectivity index (χ0n) is 21.0. The highest BCUT2D eigenvalue weighted by Crippen LogP contribution is 2.51. The average molecular weight is 513 g/mol. The summed E-state index contributed by atoms with van der Waals surface area (Å²) >= 11 is 0. The first-order valence-electron chi connectivity index (χ1n) is 12.0. The number of rotatable bonds is 9. The molecule has 4 rings (SSSR count). The van der Waals surface area contributed by atoms with Gasteiger partial charge >= 0.3 is 0 Å². The molecular formula is C27H32N2O8. The normalized spacial score (nSPS) is 21.7. The maximum atomic E-state index is 13.3. The van der Waals surface area contributed by atoms with Gasteiger partial charge in [-0.1, -0.05) is 5.57 Å². The summed E-state index contributed by atoms with van der Waals surface area (Å²) in [6, 6.07) is 4.17. The van der Waals surface area contributed by atoms with Gasteiger partial charge in [0, 0.05) is 35.9 Å². The minimum absolute atomic E-state index is 0.0317. The van der Waals surface area contributed by atoms with Crippen molar-refractivity contribution < 1.29 is 38.8 Å². The van der Waals surface area contributed by atoms with E-state index in [1.807, 2.05) is 0 Å². The molecule has 1 aliphatic heterocycles. The summed E-state index contributed by atoms with van der Waals surface area (Å²) in [6.07, 6.45) is 3.97. The second-order valence-corrected chi connectivity index (χ2v) is 9.34. The number of carbonyl (C=O) groups excluding carboxylic acids is 2. The fraction of sp³-hybridized carbons (Fsp3) is 0.407. The van der Waals surface area contributed by atoms with Crippen molar-refractivity contribution in [2.45, 2.75) is 51.2 Å². The highest BCUT2D eigenvalue weighted by atomic mass is 16.5. The molecule has 0 saturated carbocycles. The van der Waals surface area contributed by atoms with Crippen molar-refractivity contribution in [2.24, 2.45) is 0 Å². The fourth-order valence-corrected chi connectivity index (χ4v) is 4.86. The lowest BCUT2D eigenvalue weighted by Gasteiger charge is -2.40. The Bertz CT molecular complexity index is 1200. The van der Waals surface area contributed by atoms with Gasteiger partial charge in [0.15, 0.2) is 11.5 Å². The molecule has 0 bridgehead atoms. The lowest BCUT2D eigenvalue weighted by atomic mass is 9.77. The largest absolute Gasteiger partial charge is 0.493 e. The number of benzene rings is 1. The second kappa shape index (κ2) is 11.2. The van der Waals surface area contributed by atoms with Gasteiger partial charge in [0.2, 0.25) is 11.8 Å². The lowest BCUT2D eigenvalue weighted by molar-refractivity contribution is -0.133. The molecule has 0 radical (unpaired) electrons. The Kier molecular flexibility index (Phi) is 8.01. The van der Waals surface area contributed by atoms with Gasteiger partial charge in [0.25, 0.3) is 0 Å². The van der Waals surface area contributed by atoms with Crippen LogP contribution in [0, 0.1) is 0 Å². The highest BCUT2D eigenvalue weighted by Gasteiger charge is 2.51. The Morgan fingerprint density at radius 2 is 2.00 bits per heavy atom. The summed E-state index contributed by atoms with van der Waals surface area (Å²) in [5.41, 5.74) is 2.93. The van der Waals surface area contributed by atoms with Crippen LogP contribution < -0.4 is 14.8 Å². The molecule has 2 amide bonds. The van der Waals surface area contributed by atoms with Crippen LogP contribution in [0.5, 0.6) is 11.5 Å². The first-order chi connectivity index (χ1) is 17.8. The van der Waals surface area contributed by atoms with Gasteiger partial charge in [-0.05, 0) is 43.7 Å². The fourth-order valence-electron chi connectivity index (χ4n) is 4.86. The molecule has 1 aromatic carbocycles. The Morgan fingerprint density at radius 1 is 1.22 bits per heavy atom. The molecule has 2 aromatic rings. The maximum absolute atomic E-state index is 13.3. The number of furan rings is 1. The topological polar surface area (TPSA) is 142 Å². The number of aliphatic hydroxyl groups excluding tert-OH is 3. The molecule has 4 unspecified atom stereocenters. The molecule has 198 valence electrons. The third-order valence-corrected chi connectivity index (χ3v) is 6.48. The van der Waals surface area contributed by atoms with Gasteiger partial charge in [-0.15, -0.1) is 0 Å². The maximum Gasteiger partial charge on any atom is 0.247 e. The number of fused-ring (bicyclic) bond motifs is 3. The van der Waals surface area contributed by atoms with E-state index in [2.05, 4.69) is 5.32 Å². The van der Waals surface area contributed by atoms with Crippen LogP contribution in [0.4, 0.5) is 0 Å². The van der Waals surface area contributed by atoms with E-state index < -0.39 is 30.1 Å². The third kappa shape index (κ3) is 5.27. The predicted octanol–water partition coefficient (Wildman–Crippen LogP) is 1.40. The van der Waals surface area contributed by atoms with Crippen molar-refractivity contribution in [1.82, 2.24) is 10.2 Å². The number of nitrogens with zero attached hydrogens (tertiary/aromatic N) is 1. The number of nitrogens with one attached hydrogen (secondary N) is 1. The van der Waals surface area contributed by atoms with Crippen LogP contribution in [0.2, 0.25) is 0 Å². The molecule has 4 atom stereocenters. The van der Waals surface area contributed by atoms with Gasteiger partial charge in [0.05, 0.1) is 44.8 Å². The van der Waals surface area contributed by atoms with E-state index >= 15 is 0 Å². The third-order valence-electron chi connectivity index (χ3n) is 6.48. The number of amides is 2. The number of aliphatic hydroxyl groups is 3. The number of allylic oxidation sites excluding steroid dienone is 1. The van der Waals surface area contributed by atoms with E-state index in [4.69, 9.17) is 13.9 Å². The van der Waals surface area contributed by atoms with Crippen molar-refractivity contribution >= 4 is 11.8 Å². The molecule has 4 N–H and O–H groups in total. The number of hydrogen-bond donors (Lipinski definition) is 4. The summed E-state index contributed by atoms with van der Waals surface area (Å²) in [6.45, 7) is 3.26. The minimum Gasteiger partial charge on any atom is -0.493 e. The van der Waals surface area contributed by atoms with E-state index in [-0.39, 0.29) is 37.8 Å². The van der Waals surface area contributed by atoms with Gasteiger partial charge in [-0.3, -0.25) is 9.59 Å². The summed E-state index contributed by atoms with van der Waals surface area (Å²) in [5, 5.41) is 33.3. The van der Waals surface area contributed by atoms with Crippen molar-refractivity contribution in [2.75, 3.05) is 20.3 Å². The first-order valence-corrected chi connectivity index (χ1v) is 12.0. The second-order valence-electron chi connectivity index (χ2n) is 9.34. The van der Waals surface area contributed by atoms with E-state index in [1.54, 1.807) is 38.1 Å². The van der Waals surface area contributed by atoms with Gasteiger partial charge < -0.3 is 39.4 Å². The summed E-state index contributed by atoms with van der Waals surface area (Å²) in [4.78, 5) is 28.1. The number of ether oxygens (including phenoxy) is 2. The summed E-state index contributed by atoms with van der Waals surface area (Å²) in [7, 11) is 1.47. The molecule has 2 aliphatic rings. The van der Waals surface area contributed by atoms with Crippen LogP contribution in [-0.4, -0.2) is 70.5 Å². The van der Waals surface area contributed by atoms with Gasteiger partial charge in [0.1, 0.15) is 12.2 Å². The summed E-state index contributed by atoms with van der Waals surface area (Å²) < 4.78 is 16.9. The Balaban J connectivity index is 1.83. The van der Waals surface area contributed by atoms with Crippen LogP contribution in [0.1, 0.15) is 36.5 Å². The molecule has 10 nitrogen and oxygen atoms in total. The van der Waals surface area contributed by atoms with E-state index in [9.17, 15) is 24.9 Å². The molecule has 2 heterocycles. The van der Waals surface area contributed by atoms with Gasteiger partial charge in [-0.25, -0.2) is 0 Å². The van der Waals surface area contributed by atoms with Crippen molar-refractivity contribution in [3.63, 3.8) is 0 Å². The van der Waals surface area contributed by atoms with Crippen LogP contribution in [-0.2, 0) is 22.7 Å². The standard InChI is InChI=1S/C27H32N2O8/c1-15(2)8-22(32)29(12-16-4-7-36-14-16)20-11-19(27(34)28-5-6-30)23-18-9-17(13-31)10-21(35-3)25(18)37-26(23)24(20)33/h4,7-11,14,20,23-24,26,30-31,33H,5-6,12-13H2,1-3H3,(H,28,34). The minimum atomic E-state index is -1.20. The molecule has 0 fully saturated rings. The smallest absolute Gasteiger partial charge is 0.247 e. The van der Waals surface area contributed by atoms with Crippen molar-refractivity contribution in [3.05, 3.63) is 70.7 Å². The number of methoxy groups -OCH3 is 1. The quantitative estimate of drug-likeness (QED) is 0.370. The SMILES string of the molecule is COc1cc(CO)cc2c1OC1C2C(C(=O)NCCO)=CC(N(Cc2ccoc2)C(=O)C=C(C)C)C1O. The zero-order chi connectivity index (χ0) is 26.7. The molecule has 37 heavy (non-hydrogen) atoms. The van der Waals surface area contributed by atoms with E-state index in [1.165, 1.54) is 30.6 Å². The van der Waals surface area contributed by atoms with Crippen LogP contribution in [0.15, 0.2) is 58.4 Å². The number of carbonyl (C=O) groups is 2. The molecule has 0 spiro atoms. The molecule has 0 saturated heterocycles. The van der Waals surface area contributed by atoms with E-state index in [0.717, 1.165) is 11.1 Å². The molecular weight excluding hydrogens is 480 g/mol. The molecule has 1 aliphatic carbocycles. The lowest BCUT2D eigenvalue weighted by Crippen LogP contribution is -2.55. The monoisotopic (exact) mass is 512 g/mol.